The van der Waals surface area contributed by atoms with Crippen molar-refractivity contribution in [1.82, 2.24) is 4.98 Å². The Labute approximate surface area is 122 Å². The van der Waals surface area contributed by atoms with Crippen LogP contribution in [0, 0.1) is 6.92 Å². The van der Waals surface area contributed by atoms with Gasteiger partial charge in [-0.25, -0.2) is 0 Å². The predicted molar refractivity (Wildman–Crippen MR) is 88.4 cm³/mol. The number of rotatable bonds is 1. The van der Waals surface area contributed by atoms with Crippen LogP contribution in [0.2, 0.25) is 0 Å². The van der Waals surface area contributed by atoms with Gasteiger partial charge in [0.2, 0.25) is 0 Å². The monoisotopic (exact) mass is 277 g/mol. The molecule has 0 amide bonds. The quantitative estimate of drug-likeness (QED) is 0.634. The van der Waals surface area contributed by atoms with Gasteiger partial charge in [0, 0.05) is 5.69 Å². The third-order valence-electron chi connectivity index (χ3n) is 2.95. The number of aromatic nitrogens is 1. The predicted octanol–water partition coefficient (Wildman–Crippen LogP) is 5.88. The largest absolute Gasteiger partial charge is 0.256 e. The molecule has 0 saturated heterocycles. The van der Waals surface area contributed by atoms with Crippen molar-refractivity contribution < 1.29 is 0 Å². The summed E-state index contributed by atoms with van der Waals surface area (Å²) in [7, 11) is 0. The normalized spacial score (nSPS) is 11.3. The molecule has 106 valence electrons. The van der Waals surface area contributed by atoms with Gasteiger partial charge in [-0.2, -0.15) is 0 Å². The lowest BCUT2D eigenvalue weighted by atomic mass is 9.83. The van der Waals surface area contributed by atoms with E-state index in [2.05, 4.69) is 59.9 Å². The summed E-state index contributed by atoms with van der Waals surface area (Å²) in [5.74, 6) is 0. The SMILES string of the molecule is CCC.CCc1nc(C)c(C(C)(C)C)c2ccsc12. The molecule has 0 spiro atoms. The van der Waals surface area contributed by atoms with E-state index in [-0.39, 0.29) is 5.41 Å². The highest BCUT2D eigenvalue weighted by molar-refractivity contribution is 7.17. The third-order valence-corrected chi connectivity index (χ3v) is 3.91. The molecule has 0 atom stereocenters. The van der Waals surface area contributed by atoms with Crippen LogP contribution in [-0.4, -0.2) is 4.98 Å². The first-order valence-corrected chi connectivity index (χ1v) is 8.11. The van der Waals surface area contributed by atoms with Gasteiger partial charge in [0.1, 0.15) is 0 Å². The minimum atomic E-state index is 0.169. The summed E-state index contributed by atoms with van der Waals surface area (Å²) in [4.78, 5) is 4.77. The second kappa shape index (κ2) is 6.51. The fourth-order valence-corrected chi connectivity index (χ4v) is 3.38. The molecule has 0 fully saturated rings. The number of nitrogens with zero attached hydrogens (tertiary/aromatic N) is 1. The molecule has 0 N–H and O–H groups in total. The average Bonchev–Trinajstić information content (AvgIpc) is 2.75. The number of pyridine rings is 1. The number of aryl methyl sites for hydroxylation is 2. The molecule has 2 heteroatoms. The molecule has 0 aliphatic heterocycles. The van der Waals surface area contributed by atoms with E-state index in [1.54, 1.807) is 0 Å². The molecule has 0 aliphatic carbocycles. The Balaban J connectivity index is 0.000000550. The minimum absolute atomic E-state index is 0.169. The molecule has 2 rings (SSSR count). The highest BCUT2D eigenvalue weighted by atomic mass is 32.1. The van der Waals surface area contributed by atoms with E-state index >= 15 is 0 Å². The Kier molecular flexibility index (Phi) is 5.54. The summed E-state index contributed by atoms with van der Waals surface area (Å²) in [6.45, 7) is 15.4. The summed E-state index contributed by atoms with van der Waals surface area (Å²) in [5.41, 5.74) is 4.01. The van der Waals surface area contributed by atoms with E-state index in [9.17, 15) is 0 Å². The van der Waals surface area contributed by atoms with Crippen molar-refractivity contribution in [3.8, 4) is 0 Å². The van der Waals surface area contributed by atoms with Gasteiger partial charge in [0.25, 0.3) is 0 Å². The molecule has 0 radical (unpaired) electrons. The molecular formula is C17H27NS. The Bertz CT molecular complexity index is 532. The molecule has 0 aliphatic rings. The maximum atomic E-state index is 4.77. The minimum Gasteiger partial charge on any atom is -0.256 e. The highest BCUT2D eigenvalue weighted by Gasteiger charge is 2.22. The van der Waals surface area contributed by atoms with Crippen LogP contribution in [0.5, 0.6) is 0 Å². The zero-order valence-corrected chi connectivity index (χ0v) is 14.2. The Hall–Kier alpha value is -0.890. The molecule has 19 heavy (non-hydrogen) atoms. The van der Waals surface area contributed by atoms with Gasteiger partial charge in [0.05, 0.1) is 10.4 Å². The van der Waals surface area contributed by atoms with Crippen molar-refractivity contribution in [2.45, 2.75) is 66.7 Å². The molecule has 0 bridgehead atoms. The van der Waals surface area contributed by atoms with Gasteiger partial charge in [-0.3, -0.25) is 4.98 Å². The molecule has 2 heterocycles. The van der Waals surface area contributed by atoms with Crippen molar-refractivity contribution in [3.05, 3.63) is 28.4 Å². The smallest absolute Gasteiger partial charge is 0.0582 e. The van der Waals surface area contributed by atoms with Crippen LogP contribution in [0.4, 0.5) is 0 Å². The Morgan fingerprint density at radius 3 is 2.21 bits per heavy atom. The van der Waals surface area contributed by atoms with E-state index in [4.69, 9.17) is 4.98 Å². The van der Waals surface area contributed by atoms with E-state index < -0.39 is 0 Å². The van der Waals surface area contributed by atoms with Gasteiger partial charge in [-0.1, -0.05) is 48.0 Å². The summed E-state index contributed by atoms with van der Waals surface area (Å²) in [5, 5.41) is 3.59. The molecule has 2 aromatic rings. The van der Waals surface area contributed by atoms with Crippen molar-refractivity contribution in [2.24, 2.45) is 0 Å². The summed E-state index contributed by atoms with van der Waals surface area (Å²) in [6, 6.07) is 2.24. The number of hydrogen-bond acceptors (Lipinski definition) is 2. The standard InChI is InChI=1S/C14H19NS.C3H8/c1-6-11-13-10(7-8-16-13)12(9(2)15-11)14(3,4)5;1-3-2/h7-8H,6H2,1-5H3;3H2,1-2H3. The Morgan fingerprint density at radius 1 is 1.16 bits per heavy atom. The van der Waals surface area contributed by atoms with E-state index in [1.807, 2.05) is 11.3 Å². The van der Waals surface area contributed by atoms with E-state index in [0.717, 1.165) is 6.42 Å². The van der Waals surface area contributed by atoms with Gasteiger partial charge >= 0.3 is 0 Å². The Morgan fingerprint density at radius 2 is 1.74 bits per heavy atom. The van der Waals surface area contributed by atoms with E-state index in [1.165, 1.54) is 33.5 Å². The van der Waals surface area contributed by atoms with Gasteiger partial charge in [-0.05, 0) is 41.2 Å². The number of thiophene rings is 1. The van der Waals surface area contributed by atoms with Crippen molar-refractivity contribution in [2.75, 3.05) is 0 Å². The van der Waals surface area contributed by atoms with Crippen LogP contribution in [0.25, 0.3) is 10.1 Å². The summed E-state index contributed by atoms with van der Waals surface area (Å²) < 4.78 is 1.37. The topological polar surface area (TPSA) is 12.9 Å². The molecule has 0 unspecified atom stereocenters. The first-order valence-electron chi connectivity index (χ1n) is 7.23. The first-order chi connectivity index (χ1) is 8.86. The third kappa shape index (κ3) is 3.56. The van der Waals surface area contributed by atoms with Crippen LogP contribution in [-0.2, 0) is 11.8 Å². The van der Waals surface area contributed by atoms with Crippen LogP contribution in [0.1, 0.15) is 64.9 Å². The van der Waals surface area contributed by atoms with Crippen LogP contribution >= 0.6 is 11.3 Å². The zero-order chi connectivity index (χ0) is 14.6. The maximum Gasteiger partial charge on any atom is 0.0582 e. The zero-order valence-electron chi connectivity index (χ0n) is 13.4. The summed E-state index contributed by atoms with van der Waals surface area (Å²) >= 11 is 1.81. The molecule has 0 saturated carbocycles. The lowest BCUT2D eigenvalue weighted by Gasteiger charge is -2.23. The van der Waals surface area contributed by atoms with Gasteiger partial charge < -0.3 is 0 Å². The average molecular weight is 277 g/mol. The van der Waals surface area contributed by atoms with E-state index in [0.29, 0.717) is 0 Å². The first kappa shape index (κ1) is 16.2. The van der Waals surface area contributed by atoms with Crippen LogP contribution in [0.15, 0.2) is 11.4 Å². The van der Waals surface area contributed by atoms with Crippen molar-refractivity contribution in [3.63, 3.8) is 0 Å². The van der Waals surface area contributed by atoms with Gasteiger partial charge in [-0.15, -0.1) is 11.3 Å². The molecule has 1 nitrogen and oxygen atoms in total. The lowest BCUT2D eigenvalue weighted by Crippen LogP contribution is -2.15. The molecular weight excluding hydrogens is 250 g/mol. The number of fused-ring (bicyclic) bond motifs is 1. The fourth-order valence-electron chi connectivity index (χ4n) is 2.42. The van der Waals surface area contributed by atoms with Gasteiger partial charge in [0.15, 0.2) is 0 Å². The fraction of sp³-hybridized carbons (Fsp3) is 0.588. The lowest BCUT2D eigenvalue weighted by molar-refractivity contribution is 0.588. The highest BCUT2D eigenvalue weighted by Crippen LogP contribution is 2.35. The number of hydrogen-bond donors (Lipinski definition) is 0. The second-order valence-electron chi connectivity index (χ2n) is 5.99. The second-order valence-corrected chi connectivity index (χ2v) is 6.91. The van der Waals surface area contributed by atoms with Crippen molar-refractivity contribution in [1.29, 1.82) is 0 Å². The molecule has 0 aromatic carbocycles. The van der Waals surface area contributed by atoms with Crippen LogP contribution < -0.4 is 0 Å². The summed E-state index contributed by atoms with van der Waals surface area (Å²) in [6.07, 6.45) is 2.27. The van der Waals surface area contributed by atoms with Crippen LogP contribution in [0.3, 0.4) is 0 Å². The molecule has 2 aromatic heterocycles. The van der Waals surface area contributed by atoms with Crippen molar-refractivity contribution >= 4 is 21.4 Å². The maximum absolute atomic E-state index is 4.77.